The van der Waals surface area contributed by atoms with E-state index in [1.165, 1.54) is 5.56 Å². The summed E-state index contributed by atoms with van der Waals surface area (Å²) in [6.45, 7) is 4.10. The maximum atomic E-state index is 12.2. The van der Waals surface area contributed by atoms with Crippen molar-refractivity contribution in [3.05, 3.63) is 70.9 Å². The number of thiazole rings is 1. The fourth-order valence-corrected chi connectivity index (χ4v) is 3.62. The highest BCUT2D eigenvalue weighted by molar-refractivity contribution is 7.15. The van der Waals surface area contributed by atoms with Gasteiger partial charge in [-0.25, -0.2) is 4.98 Å². The van der Waals surface area contributed by atoms with Gasteiger partial charge in [0.1, 0.15) is 5.01 Å². The summed E-state index contributed by atoms with van der Waals surface area (Å²) in [5, 5.41) is 3.78. The van der Waals surface area contributed by atoms with Crippen LogP contribution in [0.25, 0.3) is 10.4 Å². The third kappa shape index (κ3) is 3.89. The summed E-state index contributed by atoms with van der Waals surface area (Å²) in [5.41, 5.74) is 4.21. The van der Waals surface area contributed by atoms with Crippen molar-refractivity contribution < 1.29 is 4.79 Å². The fourth-order valence-electron chi connectivity index (χ4n) is 2.55. The van der Waals surface area contributed by atoms with E-state index in [0.29, 0.717) is 6.42 Å². The minimum absolute atomic E-state index is 0.0346. The number of nitrogens with one attached hydrogen (secondary N) is 1. The minimum Gasteiger partial charge on any atom is -0.326 e. The Balaban J connectivity index is 1.68. The SMILES string of the molecule is CCc1ccc(NC(=O)Cc2nc(C)c(-c3ccccc3)s2)cc1. The predicted octanol–water partition coefficient (Wildman–Crippen LogP) is 4.86. The molecule has 0 radical (unpaired) electrons. The van der Waals surface area contributed by atoms with E-state index < -0.39 is 0 Å². The molecule has 24 heavy (non-hydrogen) atoms. The monoisotopic (exact) mass is 336 g/mol. The Morgan fingerprint density at radius 3 is 2.46 bits per heavy atom. The summed E-state index contributed by atoms with van der Waals surface area (Å²) in [6.07, 6.45) is 1.29. The lowest BCUT2D eigenvalue weighted by atomic mass is 10.1. The molecule has 0 spiro atoms. The van der Waals surface area contributed by atoms with Crippen molar-refractivity contribution in [1.29, 1.82) is 0 Å². The Bertz CT molecular complexity index is 823. The van der Waals surface area contributed by atoms with Gasteiger partial charge in [0.05, 0.1) is 17.0 Å². The van der Waals surface area contributed by atoms with E-state index in [-0.39, 0.29) is 5.91 Å². The zero-order valence-corrected chi connectivity index (χ0v) is 14.7. The third-order valence-corrected chi connectivity index (χ3v) is 5.04. The van der Waals surface area contributed by atoms with Crippen LogP contribution < -0.4 is 5.32 Å². The van der Waals surface area contributed by atoms with Crippen LogP contribution in [0, 0.1) is 6.92 Å². The van der Waals surface area contributed by atoms with Gasteiger partial charge in [0.25, 0.3) is 0 Å². The van der Waals surface area contributed by atoms with Gasteiger partial charge in [-0.2, -0.15) is 0 Å². The number of anilines is 1. The molecule has 0 saturated heterocycles. The maximum absolute atomic E-state index is 12.2. The second-order valence-electron chi connectivity index (χ2n) is 5.66. The number of nitrogens with zero attached hydrogens (tertiary/aromatic N) is 1. The van der Waals surface area contributed by atoms with Gasteiger partial charge in [0.2, 0.25) is 5.91 Å². The Morgan fingerprint density at radius 1 is 1.08 bits per heavy atom. The van der Waals surface area contributed by atoms with Gasteiger partial charge in [0, 0.05) is 5.69 Å². The average molecular weight is 336 g/mol. The number of amides is 1. The number of aryl methyl sites for hydroxylation is 2. The van der Waals surface area contributed by atoms with Crippen LogP contribution in [0.15, 0.2) is 54.6 Å². The first-order valence-corrected chi connectivity index (χ1v) is 8.88. The van der Waals surface area contributed by atoms with Crippen LogP contribution in [0.2, 0.25) is 0 Å². The van der Waals surface area contributed by atoms with Crippen molar-refractivity contribution in [1.82, 2.24) is 4.98 Å². The second-order valence-corrected chi connectivity index (χ2v) is 6.75. The zero-order chi connectivity index (χ0) is 16.9. The van der Waals surface area contributed by atoms with Gasteiger partial charge in [0.15, 0.2) is 0 Å². The highest BCUT2D eigenvalue weighted by Gasteiger charge is 2.12. The third-order valence-electron chi connectivity index (χ3n) is 3.83. The lowest BCUT2D eigenvalue weighted by Crippen LogP contribution is -2.14. The molecule has 0 bridgehead atoms. The van der Waals surface area contributed by atoms with Crippen LogP contribution in [0.3, 0.4) is 0 Å². The van der Waals surface area contributed by atoms with Crippen LogP contribution in [-0.4, -0.2) is 10.9 Å². The molecule has 1 heterocycles. The van der Waals surface area contributed by atoms with Crippen molar-refractivity contribution in [3.63, 3.8) is 0 Å². The lowest BCUT2D eigenvalue weighted by Gasteiger charge is -2.04. The largest absolute Gasteiger partial charge is 0.326 e. The highest BCUT2D eigenvalue weighted by atomic mass is 32.1. The number of aromatic nitrogens is 1. The van der Waals surface area contributed by atoms with Crippen LogP contribution in [0.1, 0.15) is 23.2 Å². The summed E-state index contributed by atoms with van der Waals surface area (Å²) in [5.74, 6) is -0.0346. The zero-order valence-electron chi connectivity index (χ0n) is 13.9. The molecule has 0 aliphatic carbocycles. The molecule has 122 valence electrons. The van der Waals surface area contributed by atoms with Gasteiger partial charge in [-0.3, -0.25) is 4.79 Å². The van der Waals surface area contributed by atoms with Gasteiger partial charge in [-0.05, 0) is 36.6 Å². The number of rotatable bonds is 5. The first kappa shape index (κ1) is 16.4. The van der Waals surface area contributed by atoms with E-state index in [2.05, 4.69) is 29.4 Å². The first-order chi connectivity index (χ1) is 11.7. The van der Waals surface area contributed by atoms with Gasteiger partial charge >= 0.3 is 0 Å². The van der Waals surface area contributed by atoms with Crippen molar-refractivity contribution in [2.45, 2.75) is 26.7 Å². The van der Waals surface area contributed by atoms with Crippen LogP contribution in [0.5, 0.6) is 0 Å². The Morgan fingerprint density at radius 2 is 1.79 bits per heavy atom. The predicted molar refractivity (Wildman–Crippen MR) is 100 cm³/mol. The van der Waals surface area contributed by atoms with Gasteiger partial charge in [-0.15, -0.1) is 11.3 Å². The molecular weight excluding hydrogens is 316 g/mol. The molecule has 0 atom stereocenters. The molecule has 0 aliphatic rings. The molecule has 1 aromatic heterocycles. The summed E-state index contributed by atoms with van der Waals surface area (Å²) in [4.78, 5) is 17.9. The summed E-state index contributed by atoms with van der Waals surface area (Å²) >= 11 is 1.59. The minimum atomic E-state index is -0.0346. The van der Waals surface area contributed by atoms with Crippen LogP contribution in [0.4, 0.5) is 5.69 Å². The number of hydrogen-bond donors (Lipinski definition) is 1. The molecule has 0 saturated carbocycles. The average Bonchev–Trinajstić information content (AvgIpc) is 2.96. The molecule has 0 aliphatic heterocycles. The molecule has 1 amide bonds. The summed E-state index contributed by atoms with van der Waals surface area (Å²) < 4.78 is 0. The number of benzene rings is 2. The normalized spacial score (nSPS) is 10.6. The molecule has 3 rings (SSSR count). The molecule has 0 unspecified atom stereocenters. The van der Waals surface area contributed by atoms with Crippen molar-refractivity contribution in [3.8, 4) is 10.4 Å². The Hall–Kier alpha value is -2.46. The number of carbonyl (C=O) groups is 1. The van der Waals surface area contributed by atoms with E-state index in [4.69, 9.17) is 0 Å². The molecule has 0 fully saturated rings. The van der Waals surface area contributed by atoms with E-state index in [1.807, 2.05) is 49.4 Å². The van der Waals surface area contributed by atoms with E-state index >= 15 is 0 Å². The lowest BCUT2D eigenvalue weighted by molar-refractivity contribution is -0.115. The summed E-state index contributed by atoms with van der Waals surface area (Å²) in [7, 11) is 0. The smallest absolute Gasteiger partial charge is 0.231 e. The maximum Gasteiger partial charge on any atom is 0.231 e. The quantitative estimate of drug-likeness (QED) is 0.723. The topological polar surface area (TPSA) is 42.0 Å². The molecule has 1 N–H and O–H groups in total. The van der Waals surface area contributed by atoms with E-state index in [1.54, 1.807) is 11.3 Å². The number of hydrogen-bond acceptors (Lipinski definition) is 3. The van der Waals surface area contributed by atoms with Crippen LogP contribution >= 0.6 is 11.3 Å². The number of carbonyl (C=O) groups excluding carboxylic acids is 1. The van der Waals surface area contributed by atoms with E-state index in [0.717, 1.165) is 33.3 Å². The molecule has 2 aromatic carbocycles. The van der Waals surface area contributed by atoms with Crippen molar-refractivity contribution in [2.75, 3.05) is 5.32 Å². The first-order valence-electron chi connectivity index (χ1n) is 8.06. The standard InChI is InChI=1S/C20H20N2OS/c1-3-15-9-11-17(12-10-15)22-18(23)13-19-21-14(2)20(24-19)16-7-5-4-6-8-16/h4-12H,3,13H2,1-2H3,(H,22,23). The van der Waals surface area contributed by atoms with Crippen LogP contribution in [-0.2, 0) is 17.6 Å². The molecular formula is C20H20N2OS. The van der Waals surface area contributed by atoms with Gasteiger partial charge < -0.3 is 5.32 Å². The van der Waals surface area contributed by atoms with Crippen molar-refractivity contribution in [2.24, 2.45) is 0 Å². The second kappa shape index (κ2) is 7.41. The molecule has 4 heteroatoms. The highest BCUT2D eigenvalue weighted by Crippen LogP contribution is 2.30. The van der Waals surface area contributed by atoms with E-state index in [9.17, 15) is 4.79 Å². The Kier molecular flexibility index (Phi) is 5.06. The summed E-state index contributed by atoms with van der Waals surface area (Å²) in [6, 6.07) is 18.1. The van der Waals surface area contributed by atoms with Crippen molar-refractivity contribution >= 4 is 22.9 Å². The molecule has 3 aromatic rings. The Labute approximate surface area is 146 Å². The molecule has 3 nitrogen and oxygen atoms in total. The van der Waals surface area contributed by atoms with Gasteiger partial charge in [-0.1, -0.05) is 49.4 Å². The fraction of sp³-hybridized carbons (Fsp3) is 0.200.